The molecular weight excluding hydrogens is 382 g/mol. The van der Waals surface area contributed by atoms with Gasteiger partial charge in [0.15, 0.2) is 0 Å². The molecule has 0 heterocycles. The van der Waals surface area contributed by atoms with Crippen LogP contribution in [0.15, 0.2) is 48.5 Å². The molecule has 28 heavy (non-hydrogen) atoms. The van der Waals surface area contributed by atoms with Crippen LogP contribution in [-0.4, -0.2) is 16.7 Å². The van der Waals surface area contributed by atoms with Crippen molar-refractivity contribution in [3.05, 3.63) is 80.4 Å². The van der Waals surface area contributed by atoms with Gasteiger partial charge in [0.25, 0.3) is 17.5 Å². The van der Waals surface area contributed by atoms with Crippen molar-refractivity contribution in [1.82, 2.24) is 10.9 Å². The first kappa shape index (κ1) is 21.1. The second-order valence-electron chi connectivity index (χ2n) is 7.07. The Hall–Kier alpha value is -3.19. The molecule has 2 amide bonds. The molecule has 2 N–H and O–H groups in total. The SMILES string of the molecule is CC(C)(C)c1ccc(C(=O)NNC(=O)/C=C/c2ccc(Cl)c([N+](=O)[O-])c2)cc1. The minimum absolute atomic E-state index is 0.0105. The lowest BCUT2D eigenvalue weighted by molar-refractivity contribution is -0.384. The van der Waals surface area contributed by atoms with E-state index < -0.39 is 16.7 Å². The number of amides is 2. The van der Waals surface area contributed by atoms with Crippen molar-refractivity contribution < 1.29 is 14.5 Å². The third-order valence-corrected chi connectivity index (χ3v) is 4.23. The monoisotopic (exact) mass is 401 g/mol. The topological polar surface area (TPSA) is 101 Å². The smallest absolute Gasteiger partial charge is 0.268 e. The Morgan fingerprint density at radius 3 is 2.29 bits per heavy atom. The van der Waals surface area contributed by atoms with Gasteiger partial charge in [0.05, 0.1) is 4.92 Å². The fourth-order valence-electron chi connectivity index (χ4n) is 2.30. The van der Waals surface area contributed by atoms with Crippen LogP contribution in [0.5, 0.6) is 0 Å². The van der Waals surface area contributed by atoms with Crippen LogP contribution in [0, 0.1) is 10.1 Å². The van der Waals surface area contributed by atoms with Crippen molar-refractivity contribution >= 4 is 35.2 Å². The molecule has 0 fully saturated rings. The van der Waals surface area contributed by atoms with E-state index in [0.717, 1.165) is 11.6 Å². The van der Waals surface area contributed by atoms with Crippen LogP contribution < -0.4 is 10.9 Å². The van der Waals surface area contributed by atoms with Gasteiger partial charge in [-0.3, -0.25) is 30.6 Å². The summed E-state index contributed by atoms with van der Waals surface area (Å²) in [7, 11) is 0. The minimum Gasteiger partial charge on any atom is -0.268 e. The van der Waals surface area contributed by atoms with Crippen LogP contribution in [0.2, 0.25) is 5.02 Å². The van der Waals surface area contributed by atoms with Crippen molar-refractivity contribution in [2.24, 2.45) is 0 Å². The number of carbonyl (C=O) groups excluding carboxylic acids is 2. The van der Waals surface area contributed by atoms with Gasteiger partial charge in [0.2, 0.25) is 0 Å². The third-order valence-electron chi connectivity index (χ3n) is 3.91. The molecule has 2 aromatic rings. The molecule has 0 aromatic heterocycles. The highest BCUT2D eigenvalue weighted by Gasteiger charge is 2.14. The first-order chi connectivity index (χ1) is 13.1. The maximum Gasteiger partial charge on any atom is 0.288 e. The average Bonchev–Trinajstić information content (AvgIpc) is 2.64. The molecule has 146 valence electrons. The van der Waals surface area contributed by atoms with Gasteiger partial charge in [-0.25, -0.2) is 0 Å². The molecule has 0 bridgehead atoms. The second-order valence-corrected chi connectivity index (χ2v) is 7.48. The predicted octanol–water partition coefficient (Wildman–Crippen LogP) is 4.02. The molecule has 0 saturated heterocycles. The standard InChI is InChI=1S/C20H20ClN3O4/c1-20(2,3)15-8-6-14(7-9-15)19(26)23-22-18(25)11-5-13-4-10-16(21)17(12-13)24(27)28/h4-12H,1-3H3,(H,22,25)(H,23,26)/b11-5+. The second kappa shape index (κ2) is 8.67. The van der Waals surface area contributed by atoms with E-state index in [1.807, 2.05) is 12.1 Å². The molecule has 7 nitrogen and oxygen atoms in total. The fourth-order valence-corrected chi connectivity index (χ4v) is 2.49. The molecule has 0 aliphatic heterocycles. The van der Waals surface area contributed by atoms with Gasteiger partial charge >= 0.3 is 0 Å². The number of halogens is 1. The first-order valence-electron chi connectivity index (χ1n) is 8.41. The molecule has 0 aliphatic rings. The molecule has 0 saturated carbocycles. The van der Waals surface area contributed by atoms with Crippen molar-refractivity contribution in [1.29, 1.82) is 0 Å². The van der Waals surface area contributed by atoms with Gasteiger partial charge in [0, 0.05) is 17.7 Å². The van der Waals surface area contributed by atoms with Crippen LogP contribution >= 0.6 is 11.6 Å². The molecular formula is C20H20ClN3O4. The highest BCUT2D eigenvalue weighted by molar-refractivity contribution is 6.32. The summed E-state index contributed by atoms with van der Waals surface area (Å²) in [5.74, 6) is -1.04. The lowest BCUT2D eigenvalue weighted by atomic mass is 9.87. The Balaban J connectivity index is 1.95. The van der Waals surface area contributed by atoms with Crippen molar-refractivity contribution in [2.45, 2.75) is 26.2 Å². The van der Waals surface area contributed by atoms with E-state index in [4.69, 9.17) is 11.6 Å². The molecule has 0 atom stereocenters. The number of nitro benzene ring substituents is 1. The quantitative estimate of drug-likeness (QED) is 0.459. The highest BCUT2D eigenvalue weighted by Crippen LogP contribution is 2.25. The number of benzene rings is 2. The number of hydrogen-bond donors (Lipinski definition) is 2. The van der Waals surface area contributed by atoms with Gasteiger partial charge in [0.1, 0.15) is 5.02 Å². The van der Waals surface area contributed by atoms with E-state index in [0.29, 0.717) is 11.1 Å². The molecule has 0 spiro atoms. The number of hydrogen-bond acceptors (Lipinski definition) is 4. The van der Waals surface area contributed by atoms with E-state index in [-0.39, 0.29) is 16.1 Å². The van der Waals surface area contributed by atoms with E-state index in [1.54, 1.807) is 12.1 Å². The summed E-state index contributed by atoms with van der Waals surface area (Å²) in [5.41, 5.74) is 6.22. The summed E-state index contributed by atoms with van der Waals surface area (Å²) in [6.07, 6.45) is 2.53. The maximum absolute atomic E-state index is 12.1. The van der Waals surface area contributed by atoms with Crippen LogP contribution in [0.3, 0.4) is 0 Å². The third kappa shape index (κ3) is 5.65. The number of hydrazine groups is 1. The molecule has 0 radical (unpaired) electrons. The van der Waals surface area contributed by atoms with E-state index in [2.05, 4.69) is 31.6 Å². The predicted molar refractivity (Wildman–Crippen MR) is 108 cm³/mol. The summed E-state index contributed by atoms with van der Waals surface area (Å²) in [6.45, 7) is 6.22. The van der Waals surface area contributed by atoms with Gasteiger partial charge in [-0.1, -0.05) is 50.6 Å². The van der Waals surface area contributed by atoms with Gasteiger partial charge < -0.3 is 0 Å². The summed E-state index contributed by atoms with van der Waals surface area (Å²) >= 11 is 5.74. The Bertz CT molecular complexity index is 931. The Kier molecular flexibility index (Phi) is 6.53. The van der Waals surface area contributed by atoms with E-state index in [1.165, 1.54) is 24.3 Å². The number of carbonyl (C=O) groups is 2. The summed E-state index contributed by atoms with van der Waals surface area (Å²) in [5, 5.41) is 10.9. The van der Waals surface area contributed by atoms with Crippen molar-refractivity contribution in [3.63, 3.8) is 0 Å². The summed E-state index contributed by atoms with van der Waals surface area (Å²) in [6, 6.07) is 11.3. The largest absolute Gasteiger partial charge is 0.288 e. The fraction of sp³-hybridized carbons (Fsp3) is 0.200. The van der Waals surface area contributed by atoms with E-state index in [9.17, 15) is 19.7 Å². The normalized spacial score (nSPS) is 11.3. The summed E-state index contributed by atoms with van der Waals surface area (Å²) < 4.78 is 0. The molecule has 2 rings (SSSR count). The zero-order valence-electron chi connectivity index (χ0n) is 15.7. The maximum atomic E-state index is 12.1. The Labute approximate surface area is 167 Å². The summed E-state index contributed by atoms with van der Waals surface area (Å²) in [4.78, 5) is 34.2. The van der Waals surface area contributed by atoms with Gasteiger partial charge in [-0.2, -0.15) is 0 Å². The van der Waals surface area contributed by atoms with Gasteiger partial charge in [-0.15, -0.1) is 0 Å². The molecule has 8 heteroatoms. The van der Waals surface area contributed by atoms with Crippen LogP contribution in [0.4, 0.5) is 5.69 Å². The van der Waals surface area contributed by atoms with Crippen LogP contribution in [0.25, 0.3) is 6.08 Å². The van der Waals surface area contributed by atoms with E-state index >= 15 is 0 Å². The zero-order valence-corrected chi connectivity index (χ0v) is 16.4. The lowest BCUT2D eigenvalue weighted by Crippen LogP contribution is -2.40. The highest BCUT2D eigenvalue weighted by atomic mass is 35.5. The number of nitrogens with zero attached hydrogens (tertiary/aromatic N) is 1. The molecule has 0 unspecified atom stereocenters. The van der Waals surface area contributed by atoms with Crippen LogP contribution in [0.1, 0.15) is 42.3 Å². The molecule has 0 aliphatic carbocycles. The lowest BCUT2D eigenvalue weighted by Gasteiger charge is -2.19. The first-order valence-corrected chi connectivity index (χ1v) is 8.78. The van der Waals surface area contributed by atoms with Crippen molar-refractivity contribution in [3.8, 4) is 0 Å². The molecule has 2 aromatic carbocycles. The minimum atomic E-state index is -0.606. The Morgan fingerprint density at radius 1 is 1.07 bits per heavy atom. The number of rotatable bonds is 4. The number of nitrogens with one attached hydrogen (secondary N) is 2. The van der Waals surface area contributed by atoms with Crippen molar-refractivity contribution in [2.75, 3.05) is 0 Å². The average molecular weight is 402 g/mol. The van der Waals surface area contributed by atoms with Crippen LogP contribution in [-0.2, 0) is 10.2 Å². The number of nitro groups is 1. The Morgan fingerprint density at radius 2 is 1.71 bits per heavy atom. The van der Waals surface area contributed by atoms with Gasteiger partial charge in [-0.05, 0) is 40.8 Å². The zero-order chi connectivity index (χ0) is 20.9.